The first-order chi connectivity index (χ1) is 16.1. The Bertz CT molecular complexity index is 1300. The van der Waals surface area contributed by atoms with E-state index in [1.807, 2.05) is 18.2 Å². The molecule has 0 saturated heterocycles. The number of phenols is 1. The highest BCUT2D eigenvalue weighted by molar-refractivity contribution is 6.07. The topological polar surface area (TPSA) is 107 Å². The summed E-state index contributed by atoms with van der Waals surface area (Å²) in [6.07, 6.45) is 3.34. The number of carbonyl (C=O) groups excluding carboxylic acids is 1. The minimum Gasteiger partial charge on any atom is -0.505 e. The summed E-state index contributed by atoms with van der Waals surface area (Å²) >= 11 is 0. The van der Waals surface area contributed by atoms with E-state index in [2.05, 4.69) is 15.1 Å². The molecular formula is C25H23N3O5. The zero-order chi connectivity index (χ0) is 23.2. The minimum absolute atomic E-state index is 0.0618. The maximum Gasteiger partial charge on any atom is 0.185 e. The molecule has 1 heterocycles. The lowest BCUT2D eigenvalue weighted by atomic mass is 10.0. The molecule has 0 bridgehead atoms. The van der Waals surface area contributed by atoms with Gasteiger partial charge in [-0.3, -0.25) is 4.79 Å². The van der Waals surface area contributed by atoms with Gasteiger partial charge < -0.3 is 10.2 Å². The van der Waals surface area contributed by atoms with Gasteiger partial charge in [0.15, 0.2) is 5.78 Å². The van der Waals surface area contributed by atoms with Gasteiger partial charge in [0.1, 0.15) is 29.1 Å². The number of aliphatic hydroxyl groups excluding tert-OH is 1. The number of aliphatic hydroxyl groups is 1. The van der Waals surface area contributed by atoms with E-state index in [9.17, 15) is 15.0 Å². The number of aromatic nitrogens is 3. The molecule has 33 heavy (non-hydrogen) atoms. The predicted molar refractivity (Wildman–Crippen MR) is 123 cm³/mol. The maximum atomic E-state index is 12.5. The van der Waals surface area contributed by atoms with E-state index in [1.54, 1.807) is 48.5 Å². The lowest BCUT2D eigenvalue weighted by molar-refractivity contribution is -0.282. The summed E-state index contributed by atoms with van der Waals surface area (Å²) < 4.78 is 0. The largest absolute Gasteiger partial charge is 0.505 e. The molecule has 0 atom stereocenters. The van der Waals surface area contributed by atoms with Crippen LogP contribution < -0.4 is 0 Å². The molecule has 1 aromatic heterocycles. The van der Waals surface area contributed by atoms with Crippen molar-refractivity contribution in [1.82, 2.24) is 15.0 Å². The number of nitrogens with zero attached hydrogens (tertiary/aromatic N) is 3. The first kappa shape index (κ1) is 22.3. The van der Waals surface area contributed by atoms with Crippen LogP contribution in [-0.4, -0.2) is 44.7 Å². The summed E-state index contributed by atoms with van der Waals surface area (Å²) in [7, 11) is 1.44. The number of ketones is 1. The molecule has 0 spiro atoms. The Morgan fingerprint density at radius 2 is 1.82 bits per heavy atom. The number of hydrogen-bond donors (Lipinski definition) is 2. The molecule has 2 N–H and O–H groups in total. The SMILES string of the molecule is COOCc1ccc2nn(-c3cc(CCO)cc(/C=C\C(=O)c4ccccc4)c3O)nc2c1. The summed E-state index contributed by atoms with van der Waals surface area (Å²) in [5, 5.41) is 29.3. The average Bonchev–Trinajstić information content (AvgIpc) is 3.26. The fraction of sp³-hybridized carbons (Fsp3) is 0.160. The van der Waals surface area contributed by atoms with Crippen LogP contribution in [0, 0.1) is 0 Å². The molecule has 3 aromatic carbocycles. The van der Waals surface area contributed by atoms with Crippen molar-refractivity contribution in [2.75, 3.05) is 13.7 Å². The molecule has 4 aromatic rings. The van der Waals surface area contributed by atoms with Gasteiger partial charge in [0.05, 0.1) is 7.11 Å². The van der Waals surface area contributed by atoms with E-state index in [4.69, 9.17) is 4.89 Å². The third kappa shape index (κ3) is 5.15. The molecule has 8 heteroatoms. The third-order valence-corrected chi connectivity index (χ3v) is 5.06. The quantitative estimate of drug-likeness (QED) is 0.175. The van der Waals surface area contributed by atoms with Gasteiger partial charge in [0.25, 0.3) is 0 Å². The number of hydrogen-bond acceptors (Lipinski definition) is 7. The minimum atomic E-state index is -0.183. The molecule has 0 amide bonds. The number of phenolic OH excluding ortho intramolecular Hbond substituents is 1. The van der Waals surface area contributed by atoms with Crippen LogP contribution >= 0.6 is 0 Å². The van der Waals surface area contributed by atoms with Crippen molar-refractivity contribution in [3.8, 4) is 11.4 Å². The highest BCUT2D eigenvalue weighted by atomic mass is 17.2. The summed E-state index contributed by atoms with van der Waals surface area (Å²) in [6, 6.07) is 17.8. The lowest BCUT2D eigenvalue weighted by Gasteiger charge is -2.10. The Kier molecular flexibility index (Phi) is 6.89. The molecule has 0 aliphatic carbocycles. The van der Waals surface area contributed by atoms with Crippen molar-refractivity contribution in [2.45, 2.75) is 13.0 Å². The van der Waals surface area contributed by atoms with Crippen molar-refractivity contribution in [3.05, 3.63) is 89.0 Å². The van der Waals surface area contributed by atoms with Gasteiger partial charge in [-0.1, -0.05) is 36.4 Å². The van der Waals surface area contributed by atoms with Crippen LogP contribution in [0.1, 0.15) is 27.0 Å². The Labute approximate surface area is 190 Å². The van der Waals surface area contributed by atoms with Gasteiger partial charge in [-0.15, -0.1) is 15.0 Å². The second-order valence-corrected chi connectivity index (χ2v) is 7.33. The fourth-order valence-electron chi connectivity index (χ4n) is 3.40. The second kappa shape index (κ2) is 10.2. The molecule has 0 aliphatic heterocycles. The summed E-state index contributed by atoms with van der Waals surface area (Å²) in [6.45, 7) is 0.203. The number of benzene rings is 3. The zero-order valence-electron chi connectivity index (χ0n) is 18.0. The average molecular weight is 445 g/mol. The number of aromatic hydroxyl groups is 1. The molecule has 0 radical (unpaired) electrons. The van der Waals surface area contributed by atoms with E-state index < -0.39 is 0 Å². The molecule has 0 aliphatic rings. The molecule has 8 nitrogen and oxygen atoms in total. The summed E-state index contributed by atoms with van der Waals surface area (Å²) in [5.74, 6) is -0.255. The normalized spacial score (nSPS) is 11.5. The van der Waals surface area contributed by atoms with E-state index in [1.165, 1.54) is 18.0 Å². The first-order valence-electron chi connectivity index (χ1n) is 10.3. The van der Waals surface area contributed by atoms with Crippen LogP contribution in [0.4, 0.5) is 0 Å². The van der Waals surface area contributed by atoms with Crippen molar-refractivity contribution < 1.29 is 24.8 Å². The maximum absolute atomic E-state index is 12.5. The molecule has 0 saturated carbocycles. The van der Waals surface area contributed by atoms with Gasteiger partial charge >= 0.3 is 0 Å². The number of carbonyl (C=O) groups is 1. The fourth-order valence-corrected chi connectivity index (χ4v) is 3.40. The Balaban J connectivity index is 1.71. The summed E-state index contributed by atoms with van der Waals surface area (Å²) in [5.41, 5.74) is 4.21. The first-order valence-corrected chi connectivity index (χ1v) is 10.3. The van der Waals surface area contributed by atoms with Crippen molar-refractivity contribution in [3.63, 3.8) is 0 Å². The highest BCUT2D eigenvalue weighted by Gasteiger charge is 2.14. The van der Waals surface area contributed by atoms with E-state index in [0.29, 0.717) is 34.3 Å². The van der Waals surface area contributed by atoms with Gasteiger partial charge in [0.2, 0.25) is 0 Å². The summed E-state index contributed by atoms with van der Waals surface area (Å²) in [4.78, 5) is 23.4. The molecular weight excluding hydrogens is 422 g/mol. The van der Waals surface area contributed by atoms with Crippen LogP contribution in [0.2, 0.25) is 0 Å². The van der Waals surface area contributed by atoms with E-state index in [-0.39, 0.29) is 24.7 Å². The Morgan fingerprint density at radius 1 is 1.03 bits per heavy atom. The molecule has 0 fully saturated rings. The van der Waals surface area contributed by atoms with Gasteiger partial charge in [-0.25, -0.2) is 9.78 Å². The van der Waals surface area contributed by atoms with Crippen molar-refractivity contribution in [2.24, 2.45) is 0 Å². The monoisotopic (exact) mass is 445 g/mol. The lowest BCUT2D eigenvalue weighted by Crippen LogP contribution is -2.03. The standard InChI is InChI=1S/C25H23N3O5/c1-32-33-16-18-7-9-21-22(14-18)27-28(26-21)23-15-17(11-12-29)13-20(25(23)31)8-10-24(30)19-5-3-2-4-6-19/h2-10,13-15,29,31H,11-12,16H2,1H3/b10-8-. The highest BCUT2D eigenvalue weighted by Crippen LogP contribution is 2.30. The van der Waals surface area contributed by atoms with Gasteiger partial charge in [0, 0.05) is 17.7 Å². The smallest absolute Gasteiger partial charge is 0.185 e. The molecule has 168 valence electrons. The van der Waals surface area contributed by atoms with Crippen LogP contribution in [-0.2, 0) is 22.8 Å². The van der Waals surface area contributed by atoms with Crippen molar-refractivity contribution >= 4 is 22.9 Å². The zero-order valence-corrected chi connectivity index (χ0v) is 18.0. The Hall–Kier alpha value is -3.85. The molecule has 4 rings (SSSR count). The van der Waals surface area contributed by atoms with Crippen LogP contribution in [0.5, 0.6) is 5.75 Å². The number of rotatable bonds is 9. The second-order valence-electron chi connectivity index (χ2n) is 7.33. The molecule has 0 unspecified atom stereocenters. The van der Waals surface area contributed by atoms with E-state index >= 15 is 0 Å². The van der Waals surface area contributed by atoms with Crippen molar-refractivity contribution in [1.29, 1.82) is 0 Å². The number of allylic oxidation sites excluding steroid dienone is 1. The van der Waals surface area contributed by atoms with Crippen LogP contribution in [0.15, 0.2) is 66.7 Å². The third-order valence-electron chi connectivity index (χ3n) is 5.06. The van der Waals surface area contributed by atoms with Crippen LogP contribution in [0.25, 0.3) is 22.8 Å². The Morgan fingerprint density at radius 3 is 2.58 bits per heavy atom. The number of fused-ring (bicyclic) bond motifs is 1. The van der Waals surface area contributed by atoms with Gasteiger partial charge in [-0.05, 0) is 54.0 Å². The van der Waals surface area contributed by atoms with Crippen LogP contribution in [0.3, 0.4) is 0 Å². The predicted octanol–water partition coefficient (Wildman–Crippen LogP) is 3.64. The van der Waals surface area contributed by atoms with E-state index in [0.717, 1.165) is 11.1 Å². The van der Waals surface area contributed by atoms with Gasteiger partial charge in [-0.2, -0.15) is 0 Å².